The average Bonchev–Trinajstić information content (AvgIpc) is 2.58. The van der Waals surface area contributed by atoms with Gasteiger partial charge in [-0.1, -0.05) is 29.8 Å². The van der Waals surface area contributed by atoms with Crippen LogP contribution in [0.1, 0.15) is 5.56 Å². The van der Waals surface area contributed by atoms with Gasteiger partial charge in [0.05, 0.1) is 11.6 Å². The Balaban J connectivity index is 1.62. The number of hydrogen-bond acceptors (Lipinski definition) is 4. The number of aromatic nitrogens is 1. The molecule has 0 spiro atoms. The van der Waals surface area contributed by atoms with Gasteiger partial charge in [-0.15, -0.1) is 0 Å². The highest BCUT2D eigenvalue weighted by Gasteiger charge is 2.32. The molecule has 0 amide bonds. The first kappa shape index (κ1) is 18.9. The molecule has 0 bridgehead atoms. The summed E-state index contributed by atoms with van der Waals surface area (Å²) in [4.78, 5) is 7.70. The van der Waals surface area contributed by atoms with Gasteiger partial charge in [0.2, 0.25) is 0 Å². The normalized spacial score (nSPS) is 16.8. The largest absolute Gasteiger partial charge is 0.401 e. The van der Waals surface area contributed by atoms with Crippen molar-refractivity contribution in [2.75, 3.05) is 38.5 Å². The minimum atomic E-state index is -4.13. The van der Waals surface area contributed by atoms with Gasteiger partial charge in [0, 0.05) is 44.5 Å². The van der Waals surface area contributed by atoms with Gasteiger partial charge < -0.3 is 5.73 Å². The maximum Gasteiger partial charge on any atom is 0.401 e. The van der Waals surface area contributed by atoms with Crippen LogP contribution in [-0.4, -0.2) is 53.7 Å². The number of alkyl halides is 3. The lowest BCUT2D eigenvalue weighted by Crippen LogP contribution is -2.48. The summed E-state index contributed by atoms with van der Waals surface area (Å²) in [6, 6.07) is 9.76. The van der Waals surface area contributed by atoms with Crippen molar-refractivity contribution in [3.63, 3.8) is 0 Å². The fourth-order valence-corrected chi connectivity index (χ4v) is 3.24. The van der Waals surface area contributed by atoms with Gasteiger partial charge in [0.15, 0.2) is 0 Å². The maximum absolute atomic E-state index is 12.5. The van der Waals surface area contributed by atoms with E-state index in [1.807, 2.05) is 24.3 Å². The highest BCUT2D eigenvalue weighted by Crippen LogP contribution is 2.26. The lowest BCUT2D eigenvalue weighted by Gasteiger charge is -2.35. The molecule has 1 aliphatic rings. The monoisotopic (exact) mass is 384 g/mol. The summed E-state index contributed by atoms with van der Waals surface area (Å²) in [5, 5.41) is 0.411. The van der Waals surface area contributed by atoms with Crippen LogP contribution in [0.25, 0.3) is 11.1 Å². The van der Waals surface area contributed by atoms with Crippen molar-refractivity contribution in [3.05, 3.63) is 47.1 Å². The molecule has 0 unspecified atom stereocenters. The number of nitrogens with zero attached hydrogens (tertiary/aromatic N) is 3. The molecule has 0 radical (unpaired) electrons. The van der Waals surface area contributed by atoms with Crippen LogP contribution in [0.2, 0.25) is 5.02 Å². The molecule has 1 aromatic carbocycles. The van der Waals surface area contributed by atoms with E-state index < -0.39 is 12.7 Å². The van der Waals surface area contributed by atoms with Crippen molar-refractivity contribution >= 4 is 17.4 Å². The van der Waals surface area contributed by atoms with E-state index in [9.17, 15) is 13.2 Å². The number of benzene rings is 1. The quantitative estimate of drug-likeness (QED) is 0.873. The standard InChI is InChI=1S/C18H20ClF3N4/c19-16-9-15(10-24-17(16)23)14-3-1-2-13(8-14)11-25-4-6-26(7-5-25)12-18(20,21)22/h1-3,8-10H,4-7,11-12H2,(H2,23,24). The fourth-order valence-electron chi connectivity index (χ4n) is 3.07. The highest BCUT2D eigenvalue weighted by molar-refractivity contribution is 6.33. The molecule has 1 fully saturated rings. The van der Waals surface area contributed by atoms with Crippen LogP contribution in [0.5, 0.6) is 0 Å². The number of piperazine rings is 1. The van der Waals surface area contributed by atoms with Gasteiger partial charge in [0.1, 0.15) is 5.82 Å². The van der Waals surface area contributed by atoms with Gasteiger partial charge in [-0.25, -0.2) is 4.98 Å². The van der Waals surface area contributed by atoms with Crippen LogP contribution in [0.15, 0.2) is 36.5 Å². The number of nitrogen functional groups attached to an aromatic ring is 1. The molecule has 2 aromatic rings. The molecule has 3 rings (SSSR count). The minimum absolute atomic E-state index is 0.295. The number of rotatable bonds is 4. The van der Waals surface area contributed by atoms with E-state index in [0.29, 0.717) is 43.6 Å². The van der Waals surface area contributed by atoms with E-state index in [2.05, 4.69) is 9.88 Å². The molecule has 1 aliphatic heterocycles. The van der Waals surface area contributed by atoms with Crippen LogP contribution >= 0.6 is 11.6 Å². The number of pyridine rings is 1. The van der Waals surface area contributed by atoms with Crippen molar-refractivity contribution in [1.29, 1.82) is 0 Å². The Morgan fingerprint density at radius 1 is 1.04 bits per heavy atom. The van der Waals surface area contributed by atoms with E-state index >= 15 is 0 Å². The molecular formula is C18H20ClF3N4. The lowest BCUT2D eigenvalue weighted by molar-refractivity contribution is -0.149. The van der Waals surface area contributed by atoms with Crippen LogP contribution in [0, 0.1) is 0 Å². The predicted octanol–water partition coefficient (Wildman–Crippen LogP) is 3.66. The fraction of sp³-hybridized carbons (Fsp3) is 0.389. The molecule has 8 heteroatoms. The van der Waals surface area contributed by atoms with E-state index in [1.165, 1.54) is 4.90 Å². The number of hydrogen-bond donors (Lipinski definition) is 1. The minimum Gasteiger partial charge on any atom is -0.382 e. The molecule has 1 saturated heterocycles. The van der Waals surface area contributed by atoms with E-state index in [0.717, 1.165) is 16.7 Å². The molecule has 2 heterocycles. The Morgan fingerprint density at radius 2 is 1.73 bits per heavy atom. The van der Waals surface area contributed by atoms with Crippen molar-refractivity contribution in [1.82, 2.24) is 14.8 Å². The summed E-state index contributed by atoms with van der Waals surface area (Å²) in [5.41, 5.74) is 8.60. The van der Waals surface area contributed by atoms with Gasteiger partial charge in [0.25, 0.3) is 0 Å². The number of halogens is 4. The zero-order valence-corrected chi connectivity index (χ0v) is 14.9. The second-order valence-electron chi connectivity index (χ2n) is 6.46. The van der Waals surface area contributed by atoms with Crippen molar-refractivity contribution in [2.24, 2.45) is 0 Å². The first-order chi connectivity index (χ1) is 12.3. The van der Waals surface area contributed by atoms with Gasteiger partial charge in [-0.05, 0) is 23.3 Å². The van der Waals surface area contributed by atoms with Gasteiger partial charge in [-0.2, -0.15) is 13.2 Å². The van der Waals surface area contributed by atoms with Crippen LogP contribution < -0.4 is 5.73 Å². The predicted molar refractivity (Wildman–Crippen MR) is 96.9 cm³/mol. The molecule has 1 aromatic heterocycles. The number of nitrogens with two attached hydrogens (primary N) is 1. The van der Waals surface area contributed by atoms with Crippen molar-refractivity contribution in [3.8, 4) is 11.1 Å². The third-order valence-electron chi connectivity index (χ3n) is 4.40. The molecule has 140 valence electrons. The highest BCUT2D eigenvalue weighted by atomic mass is 35.5. The first-order valence-corrected chi connectivity index (χ1v) is 8.70. The Bertz CT molecular complexity index is 758. The maximum atomic E-state index is 12.5. The SMILES string of the molecule is Nc1ncc(-c2cccc(CN3CCN(CC(F)(F)F)CC3)c2)cc1Cl. The summed E-state index contributed by atoms with van der Waals surface area (Å²) >= 11 is 6.04. The third-order valence-corrected chi connectivity index (χ3v) is 4.71. The average molecular weight is 385 g/mol. The summed E-state index contributed by atoms with van der Waals surface area (Å²) in [6.45, 7) is 1.96. The molecule has 2 N–H and O–H groups in total. The Kier molecular flexibility index (Phi) is 5.70. The Morgan fingerprint density at radius 3 is 2.38 bits per heavy atom. The molecule has 0 atom stereocenters. The second kappa shape index (κ2) is 7.82. The third kappa shape index (κ3) is 5.09. The van der Waals surface area contributed by atoms with Gasteiger partial charge >= 0.3 is 6.18 Å². The van der Waals surface area contributed by atoms with Crippen LogP contribution in [-0.2, 0) is 6.54 Å². The second-order valence-corrected chi connectivity index (χ2v) is 6.87. The molecule has 0 saturated carbocycles. The smallest absolute Gasteiger partial charge is 0.382 e. The lowest BCUT2D eigenvalue weighted by atomic mass is 10.0. The van der Waals surface area contributed by atoms with E-state index in [1.54, 1.807) is 12.3 Å². The van der Waals surface area contributed by atoms with Gasteiger partial charge in [-0.3, -0.25) is 9.80 Å². The summed E-state index contributed by atoms with van der Waals surface area (Å²) in [7, 11) is 0. The van der Waals surface area contributed by atoms with Crippen LogP contribution in [0.3, 0.4) is 0 Å². The molecule has 4 nitrogen and oxygen atoms in total. The Labute approximate surface area is 155 Å². The number of anilines is 1. The zero-order valence-electron chi connectivity index (χ0n) is 14.1. The first-order valence-electron chi connectivity index (χ1n) is 8.32. The van der Waals surface area contributed by atoms with Crippen LogP contribution in [0.4, 0.5) is 19.0 Å². The molecule has 26 heavy (non-hydrogen) atoms. The van der Waals surface area contributed by atoms with E-state index in [4.69, 9.17) is 17.3 Å². The summed E-state index contributed by atoms with van der Waals surface area (Å²) in [5.74, 6) is 0.295. The topological polar surface area (TPSA) is 45.4 Å². The molecule has 0 aliphatic carbocycles. The zero-order chi connectivity index (χ0) is 18.7. The molecular weight excluding hydrogens is 365 g/mol. The Hall–Kier alpha value is -1.83. The summed E-state index contributed by atoms with van der Waals surface area (Å²) in [6.07, 6.45) is -2.46. The van der Waals surface area contributed by atoms with Crippen molar-refractivity contribution < 1.29 is 13.2 Å². The van der Waals surface area contributed by atoms with Crippen molar-refractivity contribution in [2.45, 2.75) is 12.7 Å². The van der Waals surface area contributed by atoms with E-state index in [-0.39, 0.29) is 0 Å². The summed E-state index contributed by atoms with van der Waals surface area (Å²) < 4.78 is 37.4.